The standard InChI is InChI=1S/C17H29NOS/c1-16(2,3)14-7-9-15(10-8-14)20-12-6-5-11-17(4,18)13-19/h7-10,19H,5-6,11-13,18H2,1-4H3. The topological polar surface area (TPSA) is 46.2 Å². The zero-order valence-corrected chi connectivity index (χ0v) is 14.1. The number of hydrogen-bond acceptors (Lipinski definition) is 3. The Kier molecular flexibility index (Phi) is 6.56. The maximum atomic E-state index is 9.09. The summed E-state index contributed by atoms with van der Waals surface area (Å²) in [5.41, 5.74) is 7.09. The van der Waals surface area contributed by atoms with Gasteiger partial charge in [-0.25, -0.2) is 0 Å². The summed E-state index contributed by atoms with van der Waals surface area (Å²) in [6, 6.07) is 8.88. The summed E-state index contributed by atoms with van der Waals surface area (Å²) in [5, 5.41) is 9.09. The van der Waals surface area contributed by atoms with Gasteiger partial charge in [0.1, 0.15) is 0 Å². The van der Waals surface area contributed by atoms with Gasteiger partial charge in [-0.3, -0.25) is 0 Å². The number of benzene rings is 1. The second-order valence-corrected chi connectivity index (χ2v) is 8.06. The highest BCUT2D eigenvalue weighted by molar-refractivity contribution is 7.99. The zero-order chi connectivity index (χ0) is 15.2. The lowest BCUT2D eigenvalue weighted by molar-refractivity contribution is 0.198. The van der Waals surface area contributed by atoms with Gasteiger partial charge in [0.05, 0.1) is 6.61 Å². The summed E-state index contributed by atoms with van der Waals surface area (Å²) in [6.07, 6.45) is 3.09. The first kappa shape index (κ1) is 17.5. The number of aliphatic hydroxyl groups excluding tert-OH is 1. The maximum Gasteiger partial charge on any atom is 0.0608 e. The summed E-state index contributed by atoms with van der Waals surface area (Å²) in [7, 11) is 0. The van der Waals surface area contributed by atoms with Crippen molar-refractivity contribution >= 4 is 11.8 Å². The van der Waals surface area contributed by atoms with Crippen LogP contribution in [0, 0.1) is 0 Å². The van der Waals surface area contributed by atoms with Crippen molar-refractivity contribution in [3.63, 3.8) is 0 Å². The van der Waals surface area contributed by atoms with Crippen LogP contribution in [-0.4, -0.2) is 23.0 Å². The van der Waals surface area contributed by atoms with Crippen molar-refractivity contribution in [2.45, 2.75) is 62.8 Å². The summed E-state index contributed by atoms with van der Waals surface area (Å²) in [6.45, 7) is 8.68. The lowest BCUT2D eigenvalue weighted by Crippen LogP contribution is -2.39. The molecule has 3 heteroatoms. The van der Waals surface area contributed by atoms with E-state index in [-0.39, 0.29) is 12.0 Å². The fourth-order valence-corrected chi connectivity index (χ4v) is 2.86. The Balaban J connectivity index is 2.29. The van der Waals surface area contributed by atoms with E-state index in [0.29, 0.717) is 0 Å². The van der Waals surface area contributed by atoms with Crippen LogP contribution in [0.2, 0.25) is 0 Å². The monoisotopic (exact) mass is 295 g/mol. The fraction of sp³-hybridized carbons (Fsp3) is 0.647. The van der Waals surface area contributed by atoms with Gasteiger partial charge in [0.15, 0.2) is 0 Å². The number of unbranched alkanes of at least 4 members (excludes halogenated alkanes) is 1. The minimum absolute atomic E-state index is 0.0639. The molecule has 0 bridgehead atoms. The van der Waals surface area contributed by atoms with E-state index in [0.717, 1.165) is 25.0 Å². The Hall–Kier alpha value is -0.510. The summed E-state index contributed by atoms with van der Waals surface area (Å²) >= 11 is 1.89. The molecule has 0 saturated carbocycles. The fourth-order valence-electron chi connectivity index (χ4n) is 1.95. The van der Waals surface area contributed by atoms with Crippen molar-refractivity contribution in [2.75, 3.05) is 12.4 Å². The molecule has 1 rings (SSSR count). The average molecular weight is 295 g/mol. The Morgan fingerprint density at radius 1 is 1.05 bits per heavy atom. The molecular weight excluding hydrogens is 266 g/mol. The van der Waals surface area contributed by atoms with E-state index in [1.165, 1.54) is 10.5 Å². The van der Waals surface area contributed by atoms with Crippen molar-refractivity contribution < 1.29 is 5.11 Å². The average Bonchev–Trinajstić information content (AvgIpc) is 2.38. The predicted octanol–water partition coefficient (Wildman–Crippen LogP) is 3.96. The van der Waals surface area contributed by atoms with Gasteiger partial charge in [0.25, 0.3) is 0 Å². The van der Waals surface area contributed by atoms with E-state index < -0.39 is 5.54 Å². The molecule has 20 heavy (non-hydrogen) atoms. The first-order valence-electron chi connectivity index (χ1n) is 7.38. The molecule has 0 fully saturated rings. The lowest BCUT2D eigenvalue weighted by atomic mass is 9.87. The Morgan fingerprint density at radius 3 is 2.15 bits per heavy atom. The number of nitrogens with two attached hydrogens (primary N) is 1. The van der Waals surface area contributed by atoms with Crippen LogP contribution in [0.15, 0.2) is 29.2 Å². The van der Waals surface area contributed by atoms with E-state index in [4.69, 9.17) is 10.8 Å². The van der Waals surface area contributed by atoms with Crippen LogP contribution in [0.3, 0.4) is 0 Å². The van der Waals surface area contributed by atoms with Crippen LogP contribution < -0.4 is 5.73 Å². The van der Waals surface area contributed by atoms with Gasteiger partial charge in [-0.15, -0.1) is 11.8 Å². The predicted molar refractivity (Wildman–Crippen MR) is 89.4 cm³/mol. The zero-order valence-electron chi connectivity index (χ0n) is 13.3. The molecule has 1 atom stereocenters. The van der Waals surface area contributed by atoms with Gasteiger partial charge in [-0.1, -0.05) is 39.3 Å². The van der Waals surface area contributed by atoms with Gasteiger partial charge in [-0.2, -0.15) is 0 Å². The van der Waals surface area contributed by atoms with E-state index in [1.54, 1.807) is 0 Å². The van der Waals surface area contributed by atoms with Crippen LogP contribution >= 0.6 is 11.8 Å². The van der Waals surface area contributed by atoms with Gasteiger partial charge < -0.3 is 10.8 Å². The summed E-state index contributed by atoms with van der Waals surface area (Å²) < 4.78 is 0. The molecule has 0 aromatic heterocycles. The second-order valence-electron chi connectivity index (χ2n) is 6.89. The van der Waals surface area contributed by atoms with Crippen LogP contribution in [0.4, 0.5) is 0 Å². The van der Waals surface area contributed by atoms with Gasteiger partial charge in [-0.05, 0) is 48.6 Å². The van der Waals surface area contributed by atoms with E-state index in [2.05, 4.69) is 45.0 Å². The first-order chi connectivity index (χ1) is 9.24. The largest absolute Gasteiger partial charge is 0.394 e. The highest BCUT2D eigenvalue weighted by atomic mass is 32.2. The van der Waals surface area contributed by atoms with Crippen molar-refractivity contribution in [1.82, 2.24) is 0 Å². The van der Waals surface area contributed by atoms with Gasteiger partial charge in [0, 0.05) is 10.4 Å². The molecule has 2 nitrogen and oxygen atoms in total. The number of aliphatic hydroxyl groups is 1. The molecule has 1 unspecified atom stereocenters. The van der Waals surface area contributed by atoms with Crippen LogP contribution in [0.5, 0.6) is 0 Å². The van der Waals surface area contributed by atoms with Gasteiger partial charge >= 0.3 is 0 Å². The smallest absolute Gasteiger partial charge is 0.0608 e. The van der Waals surface area contributed by atoms with Crippen LogP contribution in [0.1, 0.15) is 52.5 Å². The van der Waals surface area contributed by atoms with Gasteiger partial charge in [0.2, 0.25) is 0 Å². The molecule has 0 aliphatic rings. The minimum Gasteiger partial charge on any atom is -0.394 e. The van der Waals surface area contributed by atoms with Crippen molar-refractivity contribution in [1.29, 1.82) is 0 Å². The summed E-state index contributed by atoms with van der Waals surface area (Å²) in [4.78, 5) is 1.33. The molecule has 0 aliphatic heterocycles. The van der Waals surface area contributed by atoms with Crippen molar-refractivity contribution in [2.24, 2.45) is 5.73 Å². The molecule has 0 saturated heterocycles. The molecule has 3 N–H and O–H groups in total. The quantitative estimate of drug-likeness (QED) is 0.591. The van der Waals surface area contributed by atoms with E-state index in [1.807, 2.05) is 18.7 Å². The SMILES string of the molecule is CC(N)(CO)CCCCSc1ccc(C(C)(C)C)cc1. The van der Waals surface area contributed by atoms with E-state index in [9.17, 15) is 0 Å². The number of rotatable bonds is 7. The Morgan fingerprint density at radius 2 is 1.65 bits per heavy atom. The molecule has 0 aliphatic carbocycles. The molecule has 0 heterocycles. The normalized spacial score (nSPS) is 15.1. The van der Waals surface area contributed by atoms with Crippen molar-refractivity contribution in [3.8, 4) is 0 Å². The minimum atomic E-state index is -0.418. The third-order valence-electron chi connectivity index (χ3n) is 3.49. The Labute approximate surface area is 128 Å². The van der Waals surface area contributed by atoms with E-state index >= 15 is 0 Å². The third kappa shape index (κ3) is 6.29. The highest BCUT2D eigenvalue weighted by Crippen LogP contribution is 2.26. The second kappa shape index (κ2) is 7.48. The molecule has 114 valence electrons. The number of hydrogen-bond donors (Lipinski definition) is 2. The van der Waals surface area contributed by atoms with Crippen LogP contribution in [0.25, 0.3) is 0 Å². The maximum absolute atomic E-state index is 9.09. The molecular formula is C17H29NOS. The Bertz CT molecular complexity index is 392. The third-order valence-corrected chi connectivity index (χ3v) is 4.59. The highest BCUT2D eigenvalue weighted by Gasteiger charge is 2.16. The molecule has 0 spiro atoms. The number of thioether (sulfide) groups is 1. The first-order valence-corrected chi connectivity index (χ1v) is 8.36. The summed E-state index contributed by atoms with van der Waals surface area (Å²) in [5.74, 6) is 1.11. The molecule has 1 aromatic rings. The lowest BCUT2D eigenvalue weighted by Gasteiger charge is -2.21. The molecule has 0 amide bonds. The van der Waals surface area contributed by atoms with Crippen molar-refractivity contribution in [3.05, 3.63) is 29.8 Å². The van der Waals surface area contributed by atoms with Crippen LogP contribution in [-0.2, 0) is 5.41 Å². The molecule has 1 aromatic carbocycles. The molecule has 0 radical (unpaired) electrons.